The van der Waals surface area contributed by atoms with E-state index in [-0.39, 0.29) is 4.90 Å². The van der Waals surface area contributed by atoms with Gasteiger partial charge in [0.25, 0.3) is 0 Å². The topological polar surface area (TPSA) is 86.1 Å². The molecule has 0 heterocycles. The molecule has 5 nitrogen and oxygen atoms in total. The van der Waals surface area contributed by atoms with Crippen molar-refractivity contribution in [2.45, 2.75) is 4.90 Å². The molecule has 1 aromatic rings. The smallest absolute Gasteiger partial charge is 0.186 e. The summed E-state index contributed by atoms with van der Waals surface area (Å²) in [6.45, 7) is 0. The van der Waals surface area contributed by atoms with Crippen LogP contribution in [0.5, 0.6) is 0 Å². The number of hydrogen-bond acceptors (Lipinski definition) is 2. The summed E-state index contributed by atoms with van der Waals surface area (Å²) in [6, 6.07) is 5.81. The highest BCUT2D eigenvalue weighted by atomic mass is 32.2. The van der Waals surface area contributed by atoms with Crippen LogP contribution in [0.2, 0.25) is 0 Å². The number of rotatable bonds is 2. The summed E-state index contributed by atoms with van der Waals surface area (Å²) in [7, 11) is 0. The van der Waals surface area contributed by atoms with Gasteiger partial charge in [-0.3, -0.25) is 0 Å². The van der Waals surface area contributed by atoms with Crippen molar-refractivity contribution in [3.8, 4) is 0 Å². The summed E-state index contributed by atoms with van der Waals surface area (Å²) in [5.41, 5.74) is 8.47. The third-order valence-corrected chi connectivity index (χ3v) is 1.87. The minimum Gasteiger partial charge on any atom is -0.302 e. The Balaban J connectivity index is 3.00. The first-order valence-electron chi connectivity index (χ1n) is 3.00. The molecule has 0 fully saturated rings. The van der Waals surface area contributed by atoms with E-state index in [9.17, 15) is 4.21 Å². The molecule has 1 N–H and O–H groups in total. The van der Waals surface area contributed by atoms with Crippen LogP contribution >= 0.6 is 0 Å². The lowest BCUT2D eigenvalue weighted by molar-refractivity contribution is 0.564. The molecule has 0 aliphatic heterocycles. The largest absolute Gasteiger partial charge is 0.302 e. The maximum Gasteiger partial charge on any atom is 0.186 e. The van der Waals surface area contributed by atoms with Gasteiger partial charge in [0.2, 0.25) is 0 Å². The Morgan fingerprint density at radius 2 is 2.00 bits per heavy atom. The molecule has 0 aliphatic carbocycles. The molecule has 12 heavy (non-hydrogen) atoms. The Labute approximate surface area is 70.9 Å². The van der Waals surface area contributed by atoms with Crippen molar-refractivity contribution in [2.75, 3.05) is 0 Å². The van der Waals surface area contributed by atoms with Gasteiger partial charge in [-0.05, 0) is 17.7 Å². The number of benzene rings is 1. The molecule has 0 amide bonds. The van der Waals surface area contributed by atoms with Crippen LogP contribution in [0, 0.1) is 0 Å². The minimum atomic E-state index is -1.98. The lowest BCUT2D eigenvalue weighted by atomic mass is 10.3. The summed E-state index contributed by atoms with van der Waals surface area (Å²) in [4.78, 5) is 2.85. The molecule has 0 radical (unpaired) electrons. The van der Waals surface area contributed by atoms with Gasteiger partial charge in [0.05, 0.1) is 4.90 Å². The molecule has 0 saturated carbocycles. The predicted octanol–water partition coefficient (Wildman–Crippen LogP) is 2.21. The average Bonchev–Trinajstić information content (AvgIpc) is 2.06. The zero-order chi connectivity index (χ0) is 8.97. The summed E-state index contributed by atoms with van der Waals surface area (Å²) >= 11 is -1.98. The van der Waals surface area contributed by atoms with Crippen molar-refractivity contribution in [1.29, 1.82) is 0 Å². The van der Waals surface area contributed by atoms with Crippen molar-refractivity contribution in [3.63, 3.8) is 0 Å². The third-order valence-electron chi connectivity index (χ3n) is 1.20. The van der Waals surface area contributed by atoms with Gasteiger partial charge in [-0.2, -0.15) is 0 Å². The minimum absolute atomic E-state index is 0.284. The van der Waals surface area contributed by atoms with E-state index in [1.165, 1.54) is 24.3 Å². The molecule has 6 heteroatoms. The highest BCUT2D eigenvalue weighted by Crippen LogP contribution is 2.14. The second-order valence-electron chi connectivity index (χ2n) is 1.93. The number of azide groups is 1. The fourth-order valence-corrected chi connectivity index (χ4v) is 1.05. The molecule has 1 unspecified atom stereocenters. The molecule has 0 saturated heterocycles. The fraction of sp³-hybridized carbons (Fsp3) is 0. The zero-order valence-corrected chi connectivity index (χ0v) is 6.73. The van der Waals surface area contributed by atoms with Crippen molar-refractivity contribution in [3.05, 3.63) is 34.7 Å². The molecule has 0 aromatic heterocycles. The van der Waals surface area contributed by atoms with Crippen molar-refractivity contribution < 1.29 is 8.76 Å². The molecule has 1 atom stereocenters. The van der Waals surface area contributed by atoms with E-state index in [4.69, 9.17) is 10.1 Å². The molecule has 62 valence electrons. The van der Waals surface area contributed by atoms with Crippen molar-refractivity contribution in [2.24, 2.45) is 5.11 Å². The highest BCUT2D eigenvalue weighted by Gasteiger charge is 1.97. The molecular weight excluding hydrogens is 178 g/mol. The SMILES string of the molecule is [N-]=[N+]=Nc1ccc(S(=O)O)cc1. The summed E-state index contributed by atoms with van der Waals surface area (Å²) in [6.07, 6.45) is 0. The maximum absolute atomic E-state index is 10.5. The molecule has 1 aromatic carbocycles. The highest BCUT2D eigenvalue weighted by molar-refractivity contribution is 7.79. The first-order chi connectivity index (χ1) is 5.74. The van der Waals surface area contributed by atoms with Crippen LogP contribution in [-0.2, 0) is 11.1 Å². The first kappa shape index (κ1) is 8.73. The molecule has 0 aliphatic rings. The molecule has 1 rings (SSSR count). The van der Waals surface area contributed by atoms with Crippen LogP contribution in [0.25, 0.3) is 10.4 Å². The normalized spacial score (nSPS) is 11.8. The van der Waals surface area contributed by atoms with E-state index in [1.807, 2.05) is 0 Å². The second kappa shape index (κ2) is 3.87. The maximum atomic E-state index is 10.5. The molecular formula is C6H5N3O2S. The van der Waals surface area contributed by atoms with Gasteiger partial charge < -0.3 is 4.55 Å². The van der Waals surface area contributed by atoms with E-state index in [0.717, 1.165) is 0 Å². The van der Waals surface area contributed by atoms with Crippen LogP contribution in [0.15, 0.2) is 34.3 Å². The van der Waals surface area contributed by atoms with Gasteiger partial charge >= 0.3 is 0 Å². The van der Waals surface area contributed by atoms with Crippen LogP contribution in [0.4, 0.5) is 5.69 Å². The molecule has 0 bridgehead atoms. The van der Waals surface area contributed by atoms with Crippen molar-refractivity contribution in [1.82, 2.24) is 0 Å². The number of hydrogen-bond donors (Lipinski definition) is 1. The van der Waals surface area contributed by atoms with E-state index < -0.39 is 11.1 Å². The van der Waals surface area contributed by atoms with Gasteiger partial charge in [-0.15, -0.1) is 0 Å². The van der Waals surface area contributed by atoms with Crippen LogP contribution < -0.4 is 0 Å². The lowest BCUT2D eigenvalue weighted by Gasteiger charge is -1.93. The third kappa shape index (κ3) is 2.06. The van der Waals surface area contributed by atoms with Gasteiger partial charge in [0, 0.05) is 10.6 Å². The van der Waals surface area contributed by atoms with Gasteiger partial charge in [0.1, 0.15) is 0 Å². The standard InChI is InChI=1S/C6H5N3O2S/c7-9-8-5-1-3-6(4-2-5)12(10)11/h1-4H,(H,10,11). The Kier molecular flexibility index (Phi) is 2.82. The van der Waals surface area contributed by atoms with Crippen LogP contribution in [0.1, 0.15) is 0 Å². The fourth-order valence-electron chi connectivity index (χ4n) is 0.681. The Bertz CT molecular complexity index is 321. The van der Waals surface area contributed by atoms with Gasteiger partial charge in [-0.1, -0.05) is 17.2 Å². The van der Waals surface area contributed by atoms with E-state index in [0.29, 0.717) is 5.69 Å². The zero-order valence-electron chi connectivity index (χ0n) is 5.91. The Hall–Kier alpha value is -1.36. The van der Waals surface area contributed by atoms with E-state index in [2.05, 4.69) is 10.0 Å². The predicted molar refractivity (Wildman–Crippen MR) is 44.3 cm³/mol. The quantitative estimate of drug-likeness (QED) is 0.330. The van der Waals surface area contributed by atoms with E-state index >= 15 is 0 Å². The summed E-state index contributed by atoms with van der Waals surface area (Å²) in [5, 5.41) is 3.31. The average molecular weight is 183 g/mol. The number of nitrogens with zero attached hydrogens (tertiary/aromatic N) is 3. The van der Waals surface area contributed by atoms with Gasteiger partial charge in [0.15, 0.2) is 11.1 Å². The summed E-state index contributed by atoms with van der Waals surface area (Å²) < 4.78 is 19.1. The van der Waals surface area contributed by atoms with Crippen LogP contribution in [-0.4, -0.2) is 8.76 Å². The van der Waals surface area contributed by atoms with E-state index in [1.54, 1.807) is 0 Å². The monoisotopic (exact) mass is 183 g/mol. The summed E-state index contributed by atoms with van der Waals surface area (Å²) in [5.74, 6) is 0. The first-order valence-corrected chi connectivity index (χ1v) is 4.11. The Morgan fingerprint density at radius 1 is 1.42 bits per heavy atom. The lowest BCUT2D eigenvalue weighted by Crippen LogP contribution is -1.85. The van der Waals surface area contributed by atoms with Crippen molar-refractivity contribution >= 4 is 16.8 Å². The second-order valence-corrected chi connectivity index (χ2v) is 2.90. The van der Waals surface area contributed by atoms with Crippen LogP contribution in [0.3, 0.4) is 0 Å². The Morgan fingerprint density at radius 3 is 2.42 bits per heavy atom. The van der Waals surface area contributed by atoms with Gasteiger partial charge in [-0.25, -0.2) is 4.21 Å². The molecule has 0 spiro atoms.